The van der Waals surface area contributed by atoms with Gasteiger partial charge in [0.25, 0.3) is 15.9 Å². The smallest absolute Gasteiger partial charge is 0.269 e. The first kappa shape index (κ1) is 17.4. The van der Waals surface area contributed by atoms with Gasteiger partial charge in [-0.25, -0.2) is 12.7 Å². The van der Waals surface area contributed by atoms with Gasteiger partial charge in [-0.05, 0) is 30.3 Å². The van der Waals surface area contributed by atoms with Crippen LogP contribution in [0.5, 0.6) is 0 Å². The first-order valence-electron chi connectivity index (χ1n) is 8.82. The van der Waals surface area contributed by atoms with E-state index in [1.807, 2.05) is 30.3 Å². The molecule has 8 heteroatoms. The molecule has 0 spiro atoms. The number of furan rings is 1. The number of para-hydroxylation sites is 1. The summed E-state index contributed by atoms with van der Waals surface area (Å²) < 4.78 is 31.5. The lowest BCUT2D eigenvalue weighted by Crippen LogP contribution is -2.37. The van der Waals surface area contributed by atoms with E-state index in [-0.39, 0.29) is 10.5 Å². The van der Waals surface area contributed by atoms with Crippen molar-refractivity contribution >= 4 is 49.5 Å². The van der Waals surface area contributed by atoms with Crippen LogP contribution >= 0.6 is 0 Å². The van der Waals surface area contributed by atoms with E-state index >= 15 is 0 Å². The minimum atomic E-state index is -4.03. The van der Waals surface area contributed by atoms with Gasteiger partial charge < -0.3 is 9.73 Å². The van der Waals surface area contributed by atoms with Crippen LogP contribution in [0, 0.1) is 0 Å². The minimum Gasteiger partial charge on any atom is -0.456 e. The molecule has 0 saturated heterocycles. The Bertz CT molecular complexity index is 1420. The van der Waals surface area contributed by atoms with Crippen LogP contribution in [0.15, 0.2) is 76.0 Å². The molecule has 3 aromatic carbocycles. The van der Waals surface area contributed by atoms with Gasteiger partial charge in [-0.15, -0.1) is 0 Å². The molecule has 1 aliphatic heterocycles. The van der Waals surface area contributed by atoms with Gasteiger partial charge in [-0.3, -0.25) is 9.59 Å². The van der Waals surface area contributed by atoms with Crippen LogP contribution in [-0.2, 0) is 14.8 Å². The summed E-state index contributed by atoms with van der Waals surface area (Å²) in [6, 6.07) is 18.7. The minimum absolute atomic E-state index is 0.0731. The maximum absolute atomic E-state index is 12.6. The molecule has 4 aromatic rings. The Morgan fingerprint density at radius 3 is 2.48 bits per heavy atom. The van der Waals surface area contributed by atoms with Crippen molar-refractivity contribution in [3.05, 3.63) is 72.3 Å². The predicted octanol–water partition coefficient (Wildman–Crippen LogP) is 3.37. The molecule has 0 bridgehead atoms. The van der Waals surface area contributed by atoms with E-state index in [0.717, 1.165) is 16.4 Å². The Morgan fingerprint density at radius 2 is 1.66 bits per heavy atom. The molecule has 0 atom stereocenters. The number of nitrogens with one attached hydrogen (secondary N) is 1. The van der Waals surface area contributed by atoms with Gasteiger partial charge in [0.1, 0.15) is 22.6 Å². The van der Waals surface area contributed by atoms with E-state index in [1.54, 1.807) is 18.2 Å². The molecule has 1 aromatic heterocycles. The van der Waals surface area contributed by atoms with E-state index in [2.05, 4.69) is 5.32 Å². The molecule has 0 unspecified atom stereocenters. The Balaban J connectivity index is 1.40. The third-order valence-corrected chi connectivity index (χ3v) is 6.65. The third-order valence-electron chi connectivity index (χ3n) is 4.86. The average molecular weight is 406 g/mol. The molecule has 5 rings (SSSR count). The average Bonchev–Trinajstić information content (AvgIpc) is 3.17. The maximum atomic E-state index is 12.6. The van der Waals surface area contributed by atoms with E-state index in [0.29, 0.717) is 15.6 Å². The molecule has 0 fully saturated rings. The number of carbonyl (C=O) groups excluding carboxylic acids is 2. The van der Waals surface area contributed by atoms with Crippen LogP contribution in [-0.4, -0.2) is 31.1 Å². The summed E-state index contributed by atoms with van der Waals surface area (Å²) in [5.74, 6) is -1.33. The fraction of sp³-hybridized carbons (Fsp3) is 0.0476. The largest absolute Gasteiger partial charge is 0.456 e. The Morgan fingerprint density at radius 1 is 0.931 bits per heavy atom. The van der Waals surface area contributed by atoms with Crippen molar-refractivity contribution in [3.63, 3.8) is 0 Å². The van der Waals surface area contributed by atoms with Crippen molar-refractivity contribution < 1.29 is 22.4 Å². The quantitative estimate of drug-likeness (QED) is 0.563. The van der Waals surface area contributed by atoms with Crippen LogP contribution in [0.25, 0.3) is 21.9 Å². The first-order chi connectivity index (χ1) is 13.9. The molecular weight excluding hydrogens is 392 g/mol. The number of hydrogen-bond acceptors (Lipinski definition) is 5. The number of amides is 2. The van der Waals surface area contributed by atoms with Crippen LogP contribution in [0.3, 0.4) is 0 Å². The molecule has 0 aliphatic carbocycles. The van der Waals surface area contributed by atoms with Crippen molar-refractivity contribution in [2.45, 2.75) is 4.90 Å². The van der Waals surface area contributed by atoms with Crippen LogP contribution in [0.4, 0.5) is 5.69 Å². The number of sulfonamides is 1. The van der Waals surface area contributed by atoms with Crippen molar-refractivity contribution in [1.82, 2.24) is 4.31 Å². The highest BCUT2D eigenvalue weighted by Gasteiger charge is 2.41. The topological polar surface area (TPSA) is 96.7 Å². The van der Waals surface area contributed by atoms with Crippen LogP contribution in [0.1, 0.15) is 10.4 Å². The predicted molar refractivity (Wildman–Crippen MR) is 107 cm³/mol. The molecule has 1 N–H and O–H groups in total. The molecule has 2 amide bonds. The monoisotopic (exact) mass is 406 g/mol. The van der Waals surface area contributed by atoms with Crippen LogP contribution in [0.2, 0.25) is 0 Å². The maximum Gasteiger partial charge on any atom is 0.269 e. The number of nitrogens with zero attached hydrogens (tertiary/aromatic N) is 1. The van der Waals surface area contributed by atoms with Gasteiger partial charge in [0.2, 0.25) is 5.91 Å². The number of benzene rings is 3. The second-order valence-electron chi connectivity index (χ2n) is 6.67. The molecule has 2 heterocycles. The molecule has 144 valence electrons. The molecule has 0 saturated carbocycles. The summed E-state index contributed by atoms with van der Waals surface area (Å²) in [6.45, 7) is -0.603. The second-order valence-corrected chi connectivity index (χ2v) is 8.50. The van der Waals surface area contributed by atoms with Crippen molar-refractivity contribution in [3.8, 4) is 0 Å². The van der Waals surface area contributed by atoms with Gasteiger partial charge >= 0.3 is 0 Å². The highest BCUT2D eigenvalue weighted by Crippen LogP contribution is 2.31. The molecule has 7 nitrogen and oxygen atoms in total. The Labute approximate surface area is 165 Å². The lowest BCUT2D eigenvalue weighted by atomic mass is 10.1. The summed E-state index contributed by atoms with van der Waals surface area (Å²) in [7, 11) is -4.03. The molecule has 29 heavy (non-hydrogen) atoms. The van der Waals surface area contributed by atoms with Gasteiger partial charge in [-0.2, -0.15) is 0 Å². The zero-order valence-corrected chi connectivity index (χ0v) is 15.8. The third kappa shape index (κ3) is 2.68. The molecule has 1 aliphatic rings. The van der Waals surface area contributed by atoms with E-state index in [1.165, 1.54) is 18.2 Å². The SMILES string of the molecule is O=C(CN1C(=O)c2ccccc2S1(=O)=O)Nc1ccc2c(c1)oc1ccccc12. The number of anilines is 1. The van der Waals surface area contributed by atoms with Crippen molar-refractivity contribution in [2.75, 3.05) is 11.9 Å². The Hall–Kier alpha value is -3.65. The van der Waals surface area contributed by atoms with Gasteiger partial charge in [0.05, 0.1) is 5.56 Å². The number of fused-ring (bicyclic) bond motifs is 4. The normalized spacial score (nSPS) is 15.0. The molecular formula is C21H14N2O5S. The number of rotatable bonds is 3. The molecule has 0 radical (unpaired) electrons. The lowest BCUT2D eigenvalue weighted by Gasteiger charge is -2.14. The summed E-state index contributed by atoms with van der Waals surface area (Å²) in [5, 5.41) is 4.51. The van der Waals surface area contributed by atoms with Crippen molar-refractivity contribution in [2.24, 2.45) is 0 Å². The van der Waals surface area contributed by atoms with Gasteiger partial charge in [-0.1, -0.05) is 30.3 Å². The number of carbonyl (C=O) groups is 2. The lowest BCUT2D eigenvalue weighted by molar-refractivity contribution is -0.116. The standard InChI is InChI=1S/C21H14N2O5S/c24-20(12-23-21(25)16-6-2-4-8-19(16)29(23,26)27)22-13-9-10-15-14-5-1-3-7-17(14)28-18(15)11-13/h1-11H,12H2,(H,22,24). The Kier molecular flexibility index (Phi) is 3.72. The highest BCUT2D eigenvalue weighted by atomic mass is 32.2. The number of hydrogen-bond donors (Lipinski definition) is 1. The summed E-state index contributed by atoms with van der Waals surface area (Å²) >= 11 is 0. The van der Waals surface area contributed by atoms with E-state index in [4.69, 9.17) is 4.42 Å². The zero-order valence-electron chi connectivity index (χ0n) is 15.0. The second kappa shape index (κ2) is 6.18. The van der Waals surface area contributed by atoms with E-state index < -0.39 is 28.4 Å². The summed E-state index contributed by atoms with van der Waals surface area (Å²) in [4.78, 5) is 24.8. The first-order valence-corrected chi connectivity index (χ1v) is 10.3. The fourth-order valence-electron chi connectivity index (χ4n) is 3.52. The fourth-order valence-corrected chi connectivity index (χ4v) is 5.05. The van der Waals surface area contributed by atoms with E-state index in [9.17, 15) is 18.0 Å². The highest BCUT2D eigenvalue weighted by molar-refractivity contribution is 7.90. The van der Waals surface area contributed by atoms with Gasteiger partial charge in [0, 0.05) is 22.5 Å². The zero-order chi connectivity index (χ0) is 20.2. The summed E-state index contributed by atoms with van der Waals surface area (Å²) in [5.41, 5.74) is 1.85. The van der Waals surface area contributed by atoms with Crippen molar-refractivity contribution in [1.29, 1.82) is 0 Å². The van der Waals surface area contributed by atoms with Crippen LogP contribution < -0.4 is 5.32 Å². The summed E-state index contributed by atoms with van der Waals surface area (Å²) in [6.07, 6.45) is 0. The van der Waals surface area contributed by atoms with Gasteiger partial charge in [0.15, 0.2) is 0 Å².